The van der Waals surface area contributed by atoms with E-state index >= 15 is 0 Å². The molecule has 0 saturated carbocycles. The Kier molecular flexibility index (Phi) is 5.20. The molecule has 0 bridgehead atoms. The number of anilines is 1. The number of hydrogen-bond donors (Lipinski definition) is 2. The Bertz CT molecular complexity index is 491. The highest BCUT2D eigenvalue weighted by molar-refractivity contribution is 5.80. The van der Waals surface area contributed by atoms with Gasteiger partial charge in [0.1, 0.15) is 0 Å². The quantitative estimate of drug-likeness (QED) is 0.817. The summed E-state index contributed by atoms with van der Waals surface area (Å²) in [7, 11) is 1.66. The smallest absolute Gasteiger partial charge is 0.222 e. The molecule has 2 rings (SSSR count). The summed E-state index contributed by atoms with van der Waals surface area (Å²) in [5.41, 5.74) is 7.50. The highest BCUT2D eigenvalue weighted by Gasteiger charge is 2.26. The van der Waals surface area contributed by atoms with Crippen LogP contribution in [0.1, 0.15) is 24.8 Å². The minimum absolute atomic E-state index is 0.0520. The van der Waals surface area contributed by atoms with E-state index in [1.54, 1.807) is 7.05 Å². The summed E-state index contributed by atoms with van der Waals surface area (Å²) in [5, 5.41) is 2.68. The van der Waals surface area contributed by atoms with Crippen molar-refractivity contribution < 1.29 is 9.59 Å². The molecule has 0 radical (unpaired) electrons. The van der Waals surface area contributed by atoms with E-state index in [1.807, 2.05) is 29.2 Å². The second-order valence-corrected chi connectivity index (χ2v) is 5.51. The molecular weight excluding hydrogens is 266 g/mol. The van der Waals surface area contributed by atoms with Gasteiger partial charge in [-0.2, -0.15) is 0 Å². The molecule has 21 heavy (non-hydrogen) atoms. The molecule has 0 aromatic heterocycles. The number of nitrogen functional groups attached to an aromatic ring is 1. The Balaban J connectivity index is 1.77. The van der Waals surface area contributed by atoms with Crippen LogP contribution in [0.25, 0.3) is 0 Å². The summed E-state index contributed by atoms with van der Waals surface area (Å²) in [6, 6.07) is 7.63. The van der Waals surface area contributed by atoms with Gasteiger partial charge in [0.05, 0.1) is 0 Å². The van der Waals surface area contributed by atoms with E-state index in [4.69, 9.17) is 5.73 Å². The van der Waals surface area contributed by atoms with Gasteiger partial charge in [-0.15, -0.1) is 0 Å². The molecule has 1 aromatic carbocycles. The molecule has 1 fully saturated rings. The molecule has 1 saturated heterocycles. The third-order valence-corrected chi connectivity index (χ3v) is 4.07. The highest BCUT2D eigenvalue weighted by Crippen LogP contribution is 2.18. The number of hydrogen-bond acceptors (Lipinski definition) is 3. The molecule has 0 atom stereocenters. The van der Waals surface area contributed by atoms with Crippen molar-refractivity contribution in [2.75, 3.05) is 25.9 Å². The number of aryl methyl sites for hydroxylation is 1. The van der Waals surface area contributed by atoms with E-state index in [2.05, 4.69) is 5.32 Å². The van der Waals surface area contributed by atoms with Crippen molar-refractivity contribution in [3.63, 3.8) is 0 Å². The fraction of sp³-hybridized carbons (Fsp3) is 0.500. The van der Waals surface area contributed by atoms with Crippen molar-refractivity contribution in [3.8, 4) is 0 Å². The van der Waals surface area contributed by atoms with E-state index in [9.17, 15) is 9.59 Å². The average molecular weight is 289 g/mol. The van der Waals surface area contributed by atoms with Gasteiger partial charge in [0.25, 0.3) is 0 Å². The second-order valence-electron chi connectivity index (χ2n) is 5.51. The van der Waals surface area contributed by atoms with Crippen LogP contribution in [0.3, 0.4) is 0 Å². The Morgan fingerprint density at radius 2 is 1.86 bits per heavy atom. The van der Waals surface area contributed by atoms with Gasteiger partial charge < -0.3 is 16.0 Å². The minimum Gasteiger partial charge on any atom is -0.399 e. The summed E-state index contributed by atoms with van der Waals surface area (Å²) in [5.74, 6) is 0.308. The van der Waals surface area contributed by atoms with E-state index in [0.29, 0.717) is 19.5 Å². The SMILES string of the molecule is CNC(=O)C1CCN(C(=O)CCc2ccc(N)cc2)CC1. The molecule has 3 N–H and O–H groups in total. The van der Waals surface area contributed by atoms with Gasteiger partial charge in [-0.25, -0.2) is 0 Å². The maximum atomic E-state index is 12.2. The lowest BCUT2D eigenvalue weighted by molar-refractivity contribution is -0.135. The molecular formula is C16H23N3O2. The van der Waals surface area contributed by atoms with Crippen molar-refractivity contribution >= 4 is 17.5 Å². The molecule has 2 amide bonds. The standard InChI is InChI=1S/C16H23N3O2/c1-18-16(21)13-8-10-19(11-9-13)15(20)7-4-12-2-5-14(17)6-3-12/h2-3,5-6,13H,4,7-11,17H2,1H3,(H,18,21). The Hall–Kier alpha value is -2.04. The number of carbonyl (C=O) groups is 2. The Morgan fingerprint density at radius 3 is 2.43 bits per heavy atom. The van der Waals surface area contributed by atoms with Crippen LogP contribution in [-0.2, 0) is 16.0 Å². The summed E-state index contributed by atoms with van der Waals surface area (Å²) in [4.78, 5) is 25.6. The first-order valence-corrected chi connectivity index (χ1v) is 7.44. The van der Waals surface area contributed by atoms with E-state index in [0.717, 1.165) is 30.5 Å². The van der Waals surface area contributed by atoms with Gasteiger partial charge in [0, 0.05) is 38.2 Å². The summed E-state index contributed by atoms with van der Waals surface area (Å²) >= 11 is 0. The van der Waals surface area contributed by atoms with E-state index in [1.165, 1.54) is 0 Å². The first-order valence-electron chi connectivity index (χ1n) is 7.44. The largest absolute Gasteiger partial charge is 0.399 e. The van der Waals surface area contributed by atoms with Gasteiger partial charge in [0.2, 0.25) is 11.8 Å². The van der Waals surface area contributed by atoms with Gasteiger partial charge in [-0.3, -0.25) is 9.59 Å². The van der Waals surface area contributed by atoms with Crippen molar-refractivity contribution in [2.24, 2.45) is 5.92 Å². The van der Waals surface area contributed by atoms with Crippen LogP contribution in [0.5, 0.6) is 0 Å². The minimum atomic E-state index is 0.0520. The number of rotatable bonds is 4. The molecule has 114 valence electrons. The lowest BCUT2D eigenvalue weighted by atomic mass is 9.95. The zero-order chi connectivity index (χ0) is 15.2. The number of nitrogens with one attached hydrogen (secondary N) is 1. The molecule has 1 aliphatic heterocycles. The zero-order valence-corrected chi connectivity index (χ0v) is 12.5. The van der Waals surface area contributed by atoms with Crippen LogP contribution in [0.15, 0.2) is 24.3 Å². The third kappa shape index (κ3) is 4.21. The number of carbonyl (C=O) groups excluding carboxylic acids is 2. The maximum absolute atomic E-state index is 12.2. The van der Waals surface area contributed by atoms with Gasteiger partial charge in [-0.05, 0) is 37.0 Å². The zero-order valence-electron chi connectivity index (χ0n) is 12.5. The number of piperidine rings is 1. The number of amides is 2. The Labute approximate surface area is 125 Å². The number of likely N-dealkylation sites (tertiary alicyclic amines) is 1. The predicted molar refractivity (Wildman–Crippen MR) is 82.5 cm³/mol. The third-order valence-electron chi connectivity index (χ3n) is 4.07. The van der Waals surface area contributed by atoms with Gasteiger partial charge in [0.15, 0.2) is 0 Å². The van der Waals surface area contributed by atoms with Crippen molar-refractivity contribution in [1.82, 2.24) is 10.2 Å². The summed E-state index contributed by atoms with van der Waals surface area (Å²) < 4.78 is 0. The summed E-state index contributed by atoms with van der Waals surface area (Å²) in [6.07, 6.45) is 2.75. The molecule has 1 heterocycles. The van der Waals surface area contributed by atoms with Gasteiger partial charge >= 0.3 is 0 Å². The molecule has 0 spiro atoms. The van der Waals surface area contributed by atoms with Crippen LogP contribution in [0.2, 0.25) is 0 Å². The first-order chi connectivity index (χ1) is 10.1. The highest BCUT2D eigenvalue weighted by atomic mass is 16.2. The maximum Gasteiger partial charge on any atom is 0.222 e. The fourth-order valence-corrected chi connectivity index (χ4v) is 2.69. The molecule has 1 aromatic rings. The van der Waals surface area contributed by atoms with Crippen molar-refractivity contribution in [2.45, 2.75) is 25.7 Å². The first kappa shape index (κ1) is 15.4. The predicted octanol–water partition coefficient (Wildman–Crippen LogP) is 1.19. The number of benzene rings is 1. The van der Waals surface area contributed by atoms with E-state index < -0.39 is 0 Å². The van der Waals surface area contributed by atoms with Crippen LogP contribution in [0.4, 0.5) is 5.69 Å². The van der Waals surface area contributed by atoms with Crippen molar-refractivity contribution in [3.05, 3.63) is 29.8 Å². The normalized spacial score (nSPS) is 15.8. The monoisotopic (exact) mass is 289 g/mol. The van der Waals surface area contributed by atoms with Gasteiger partial charge in [-0.1, -0.05) is 12.1 Å². The molecule has 5 nitrogen and oxygen atoms in total. The molecule has 0 aliphatic carbocycles. The summed E-state index contributed by atoms with van der Waals surface area (Å²) in [6.45, 7) is 1.36. The van der Waals surface area contributed by atoms with Crippen LogP contribution < -0.4 is 11.1 Å². The lowest BCUT2D eigenvalue weighted by Gasteiger charge is -2.31. The lowest BCUT2D eigenvalue weighted by Crippen LogP contribution is -2.42. The van der Waals surface area contributed by atoms with Crippen LogP contribution in [0, 0.1) is 5.92 Å². The Morgan fingerprint density at radius 1 is 1.24 bits per heavy atom. The van der Waals surface area contributed by atoms with E-state index in [-0.39, 0.29) is 17.7 Å². The van der Waals surface area contributed by atoms with Crippen molar-refractivity contribution in [1.29, 1.82) is 0 Å². The topological polar surface area (TPSA) is 75.4 Å². The second kappa shape index (κ2) is 7.11. The average Bonchev–Trinajstić information content (AvgIpc) is 2.53. The van der Waals surface area contributed by atoms with Crippen LogP contribution >= 0.6 is 0 Å². The number of nitrogens with two attached hydrogens (primary N) is 1. The van der Waals surface area contributed by atoms with Crippen LogP contribution in [-0.4, -0.2) is 36.9 Å². The molecule has 1 aliphatic rings. The molecule has 5 heteroatoms. The number of nitrogens with zero attached hydrogens (tertiary/aromatic N) is 1. The fourth-order valence-electron chi connectivity index (χ4n) is 2.69. The molecule has 0 unspecified atom stereocenters.